The van der Waals surface area contributed by atoms with Crippen molar-refractivity contribution in [3.63, 3.8) is 0 Å². The minimum Gasteiger partial charge on any atom is -0.452 e. The van der Waals surface area contributed by atoms with Gasteiger partial charge in [-0.05, 0) is 23.1 Å². The Bertz CT molecular complexity index is 1070. The zero-order chi connectivity index (χ0) is 25.1. The number of nitrogens with zero attached hydrogens (tertiary/aromatic N) is 8. The van der Waals surface area contributed by atoms with Crippen LogP contribution in [0, 0.1) is 11.8 Å². The van der Waals surface area contributed by atoms with Gasteiger partial charge < -0.3 is 19.3 Å². The molecule has 0 spiro atoms. The SMILES string of the molecule is CN(C)c1nsc(C2CN3CC(OC(=O)C(=O)OC4CN5CC(c6nc(N(C)C)ns6)C4C5)C2C3)n1. The molecule has 0 amide bonds. The number of aromatic nitrogens is 4. The summed E-state index contributed by atoms with van der Waals surface area (Å²) >= 11 is 2.79. The van der Waals surface area contributed by atoms with Gasteiger partial charge in [-0.2, -0.15) is 8.75 Å². The summed E-state index contributed by atoms with van der Waals surface area (Å²) in [7, 11) is 7.65. The van der Waals surface area contributed by atoms with E-state index < -0.39 is 11.9 Å². The van der Waals surface area contributed by atoms with Crippen molar-refractivity contribution in [3.8, 4) is 0 Å². The van der Waals surface area contributed by atoms with Gasteiger partial charge in [-0.1, -0.05) is 0 Å². The summed E-state index contributed by atoms with van der Waals surface area (Å²) in [6.45, 7) is 4.65. The third-order valence-electron chi connectivity index (χ3n) is 7.69. The molecule has 0 radical (unpaired) electrons. The number of esters is 2. The van der Waals surface area contributed by atoms with Crippen LogP contribution in [0.1, 0.15) is 21.9 Å². The Balaban J connectivity index is 1.06. The van der Waals surface area contributed by atoms with Crippen molar-refractivity contribution < 1.29 is 19.1 Å². The summed E-state index contributed by atoms with van der Waals surface area (Å²) < 4.78 is 20.2. The summed E-state index contributed by atoms with van der Waals surface area (Å²) in [5.41, 5.74) is 0. The molecule has 4 bridgehead atoms. The zero-order valence-corrected chi connectivity index (χ0v) is 22.4. The Hall–Kier alpha value is -2.42. The van der Waals surface area contributed by atoms with E-state index in [-0.39, 0.29) is 35.9 Å². The van der Waals surface area contributed by atoms with Gasteiger partial charge in [-0.25, -0.2) is 19.6 Å². The maximum absolute atomic E-state index is 12.7. The minimum absolute atomic E-state index is 0.103. The molecule has 0 N–H and O–H groups in total. The molecule has 0 saturated carbocycles. The van der Waals surface area contributed by atoms with E-state index >= 15 is 0 Å². The third-order valence-corrected chi connectivity index (χ3v) is 9.36. The second-order valence-electron chi connectivity index (χ2n) is 10.5. The third kappa shape index (κ3) is 4.23. The molecule has 4 fully saturated rings. The van der Waals surface area contributed by atoms with Crippen LogP contribution in [0.3, 0.4) is 0 Å². The maximum atomic E-state index is 12.7. The maximum Gasteiger partial charge on any atom is 0.417 e. The van der Waals surface area contributed by atoms with Gasteiger partial charge in [-0.3, -0.25) is 9.80 Å². The van der Waals surface area contributed by atoms with E-state index in [1.807, 2.05) is 38.0 Å². The Kier molecular flexibility index (Phi) is 6.09. The lowest BCUT2D eigenvalue weighted by atomic mass is 9.90. The van der Waals surface area contributed by atoms with Crippen LogP contribution >= 0.6 is 23.1 Å². The summed E-state index contributed by atoms with van der Waals surface area (Å²) in [6, 6.07) is 0. The first-order valence-electron chi connectivity index (χ1n) is 12.1. The highest BCUT2D eigenvalue weighted by Crippen LogP contribution is 2.43. The number of hydrogen-bond acceptors (Lipinski definition) is 14. The first-order chi connectivity index (χ1) is 17.3. The summed E-state index contributed by atoms with van der Waals surface area (Å²) in [6.07, 6.45) is -0.698. The summed E-state index contributed by atoms with van der Waals surface area (Å²) in [5.74, 6) is 0.0796. The molecule has 36 heavy (non-hydrogen) atoms. The number of anilines is 2. The van der Waals surface area contributed by atoms with Crippen molar-refractivity contribution in [1.82, 2.24) is 28.5 Å². The molecular weight excluding hydrogens is 504 g/mol. The molecule has 6 heterocycles. The van der Waals surface area contributed by atoms with Gasteiger partial charge in [0.05, 0.1) is 0 Å². The quantitative estimate of drug-likeness (QED) is 0.370. The fourth-order valence-electron chi connectivity index (χ4n) is 5.92. The first-order valence-corrected chi connectivity index (χ1v) is 13.7. The predicted molar refractivity (Wildman–Crippen MR) is 134 cm³/mol. The highest BCUT2D eigenvalue weighted by Gasteiger charge is 2.51. The van der Waals surface area contributed by atoms with Crippen LogP contribution < -0.4 is 9.80 Å². The van der Waals surface area contributed by atoms with Crippen molar-refractivity contribution in [3.05, 3.63) is 10.0 Å². The van der Waals surface area contributed by atoms with E-state index in [0.717, 1.165) is 36.2 Å². The number of carbonyl (C=O) groups is 2. The highest BCUT2D eigenvalue weighted by atomic mass is 32.1. The van der Waals surface area contributed by atoms with Crippen LogP contribution in [0.15, 0.2) is 0 Å². The van der Waals surface area contributed by atoms with E-state index in [4.69, 9.17) is 9.47 Å². The number of hydrogen-bond donors (Lipinski definition) is 0. The molecule has 0 aromatic carbocycles. The highest BCUT2D eigenvalue weighted by molar-refractivity contribution is 7.06. The minimum atomic E-state index is -0.904. The fraction of sp³-hybridized carbons (Fsp3) is 0.727. The van der Waals surface area contributed by atoms with E-state index in [1.54, 1.807) is 0 Å². The average molecular weight is 535 g/mol. The van der Waals surface area contributed by atoms with E-state index in [1.165, 1.54) is 23.1 Å². The molecule has 4 aliphatic heterocycles. The van der Waals surface area contributed by atoms with Crippen LogP contribution in [-0.4, -0.2) is 120 Å². The van der Waals surface area contributed by atoms with Crippen LogP contribution in [0.5, 0.6) is 0 Å². The normalized spacial score (nSPS) is 34.2. The Morgan fingerprint density at radius 1 is 0.722 bits per heavy atom. The first kappa shape index (κ1) is 23.9. The Morgan fingerprint density at radius 2 is 1.14 bits per heavy atom. The molecule has 2 aromatic heterocycles. The molecule has 12 nitrogen and oxygen atoms in total. The number of rotatable bonds is 6. The van der Waals surface area contributed by atoms with E-state index in [2.05, 4.69) is 28.5 Å². The van der Waals surface area contributed by atoms with Gasteiger partial charge in [-0.15, -0.1) is 0 Å². The van der Waals surface area contributed by atoms with Crippen molar-refractivity contribution >= 4 is 46.9 Å². The fourth-order valence-corrected chi connectivity index (χ4v) is 7.69. The molecule has 4 aliphatic rings. The molecule has 8 unspecified atom stereocenters. The van der Waals surface area contributed by atoms with Gasteiger partial charge in [0.25, 0.3) is 0 Å². The largest absolute Gasteiger partial charge is 0.452 e. The molecule has 4 saturated heterocycles. The van der Waals surface area contributed by atoms with Gasteiger partial charge >= 0.3 is 11.9 Å². The van der Waals surface area contributed by atoms with Gasteiger partial charge in [0.1, 0.15) is 22.2 Å². The number of piperidine rings is 2. The Labute approximate surface area is 217 Å². The molecule has 194 valence electrons. The van der Waals surface area contributed by atoms with Gasteiger partial charge in [0.15, 0.2) is 0 Å². The lowest BCUT2D eigenvalue weighted by molar-refractivity contribution is -0.176. The zero-order valence-electron chi connectivity index (χ0n) is 20.7. The van der Waals surface area contributed by atoms with E-state index in [9.17, 15) is 9.59 Å². The standard InChI is InChI=1S/C22H30N8O4S2/c1-27(2)21-23-17(35-25-21)13-7-29-5-11(13)15(9-29)33-19(31)20(32)34-16-10-30-6-12(16)14(8-30)18-24-22(26-36-18)28(3)4/h11-16H,5-10H2,1-4H3. The van der Waals surface area contributed by atoms with Crippen LogP contribution in [-0.2, 0) is 19.1 Å². The molecule has 8 atom stereocenters. The molecule has 6 rings (SSSR count). The lowest BCUT2D eigenvalue weighted by Gasteiger charge is -2.29. The van der Waals surface area contributed by atoms with Crippen LogP contribution in [0.25, 0.3) is 0 Å². The molecule has 0 aliphatic carbocycles. The number of ether oxygens (including phenoxy) is 2. The second kappa shape index (κ2) is 9.15. The smallest absolute Gasteiger partial charge is 0.417 e. The van der Waals surface area contributed by atoms with Crippen molar-refractivity contribution in [2.45, 2.75) is 24.0 Å². The van der Waals surface area contributed by atoms with Crippen LogP contribution in [0.4, 0.5) is 11.9 Å². The monoisotopic (exact) mass is 534 g/mol. The number of fused-ring (bicyclic) bond motifs is 4. The summed E-state index contributed by atoms with van der Waals surface area (Å²) in [5, 5.41) is 1.90. The van der Waals surface area contributed by atoms with E-state index in [0.29, 0.717) is 25.0 Å². The lowest BCUT2D eigenvalue weighted by Crippen LogP contribution is -2.41. The van der Waals surface area contributed by atoms with Crippen molar-refractivity contribution in [1.29, 1.82) is 0 Å². The van der Waals surface area contributed by atoms with Crippen LogP contribution in [0.2, 0.25) is 0 Å². The summed E-state index contributed by atoms with van der Waals surface area (Å²) in [4.78, 5) is 43.1. The second-order valence-corrected chi connectivity index (χ2v) is 12.1. The predicted octanol–water partition coefficient (Wildman–Crippen LogP) is 0.103. The molecule has 2 aromatic rings. The van der Waals surface area contributed by atoms with Gasteiger partial charge in [0.2, 0.25) is 11.9 Å². The van der Waals surface area contributed by atoms with Crippen molar-refractivity contribution in [2.24, 2.45) is 11.8 Å². The van der Waals surface area contributed by atoms with Gasteiger partial charge in [0, 0.05) is 91.1 Å². The molecule has 14 heteroatoms. The van der Waals surface area contributed by atoms with Crippen molar-refractivity contribution in [2.75, 3.05) is 77.3 Å². The number of carbonyl (C=O) groups excluding carboxylic acids is 2. The average Bonchev–Trinajstić information content (AvgIpc) is 3.65. The Morgan fingerprint density at radius 3 is 1.47 bits per heavy atom. The topological polar surface area (TPSA) is 117 Å². The molecular formula is C22H30N8O4S2.